The fourth-order valence-corrected chi connectivity index (χ4v) is 1.17. The first-order valence-electron chi connectivity index (χ1n) is 3.88. The van der Waals surface area contributed by atoms with E-state index in [9.17, 15) is 0 Å². The van der Waals surface area contributed by atoms with Crippen LogP contribution in [-0.2, 0) is 0 Å². The summed E-state index contributed by atoms with van der Waals surface area (Å²) in [6, 6.07) is 7.40. The van der Waals surface area contributed by atoms with E-state index >= 15 is 0 Å². The van der Waals surface area contributed by atoms with Crippen molar-refractivity contribution in [2.24, 2.45) is 0 Å². The van der Waals surface area contributed by atoms with Crippen LogP contribution in [-0.4, -0.2) is 10.2 Å². The Balaban J connectivity index is 2.47. The molecular weight excluding hydrogens is 184 g/mol. The van der Waals surface area contributed by atoms with Crippen LogP contribution in [0.1, 0.15) is 5.76 Å². The van der Waals surface area contributed by atoms with Gasteiger partial charge < -0.3 is 4.42 Å². The van der Waals surface area contributed by atoms with Crippen molar-refractivity contribution in [3.8, 4) is 11.5 Å². The molecule has 0 spiro atoms. The lowest BCUT2D eigenvalue weighted by molar-refractivity contribution is 0.545. The summed E-state index contributed by atoms with van der Waals surface area (Å²) in [7, 11) is 0. The maximum Gasteiger partial charge on any atom is 0.154 e. The number of aromatic nitrogens is 2. The number of hydrogen-bond acceptors (Lipinski definition) is 3. The Bertz CT molecular complexity index is 452. The lowest BCUT2D eigenvalue weighted by Crippen LogP contribution is -1.84. The highest BCUT2D eigenvalue weighted by Gasteiger charge is 2.02. The van der Waals surface area contributed by atoms with E-state index in [4.69, 9.17) is 16.6 Å². The van der Waals surface area contributed by atoms with Gasteiger partial charge in [-0.15, -0.1) is 0 Å². The first-order chi connectivity index (χ1) is 6.25. The zero-order valence-electron chi connectivity index (χ0n) is 7.07. The third-order valence-corrected chi connectivity index (χ3v) is 1.90. The van der Waals surface area contributed by atoms with Crippen LogP contribution in [0.3, 0.4) is 0 Å². The number of furan rings is 1. The molecule has 3 nitrogen and oxygen atoms in total. The molecule has 0 unspecified atom stereocenters. The molecule has 0 bridgehead atoms. The zero-order valence-corrected chi connectivity index (χ0v) is 7.89. The fraction of sp³-hybridized carbons (Fsp3) is 0.111. The predicted molar refractivity (Wildman–Crippen MR) is 51.9 cm³/mol. The molecule has 0 saturated carbocycles. The Morgan fingerprint density at radius 1 is 1.31 bits per heavy atom. The van der Waals surface area contributed by atoms with E-state index in [-0.39, 0.29) is 0 Å². The molecule has 2 aromatic heterocycles. The lowest BCUT2D eigenvalue weighted by atomic mass is 10.3. The molecule has 0 fully saturated rings. The van der Waals surface area contributed by atoms with Gasteiger partial charge in [-0.05, 0) is 31.2 Å². The second kappa shape index (κ2) is 3.14. The largest absolute Gasteiger partial charge is 0.460 e. The van der Waals surface area contributed by atoms with Crippen LogP contribution in [0.4, 0.5) is 0 Å². The van der Waals surface area contributed by atoms with Crippen LogP contribution >= 0.6 is 12.2 Å². The molecule has 66 valence electrons. The van der Waals surface area contributed by atoms with E-state index < -0.39 is 0 Å². The van der Waals surface area contributed by atoms with Gasteiger partial charge in [-0.25, -0.2) is 0 Å². The molecule has 0 saturated heterocycles. The van der Waals surface area contributed by atoms with E-state index in [0.29, 0.717) is 4.64 Å². The summed E-state index contributed by atoms with van der Waals surface area (Å²) >= 11 is 4.88. The average molecular weight is 192 g/mol. The average Bonchev–Trinajstić information content (AvgIpc) is 2.53. The number of rotatable bonds is 1. The van der Waals surface area contributed by atoms with Gasteiger partial charge in [-0.2, -0.15) is 5.10 Å². The van der Waals surface area contributed by atoms with E-state index in [1.54, 1.807) is 6.07 Å². The first-order valence-corrected chi connectivity index (χ1v) is 4.29. The van der Waals surface area contributed by atoms with E-state index in [2.05, 4.69) is 10.2 Å². The molecule has 0 radical (unpaired) electrons. The number of aryl methyl sites for hydroxylation is 1. The Labute approximate surface area is 80.4 Å². The van der Waals surface area contributed by atoms with Gasteiger partial charge in [0.1, 0.15) is 16.1 Å². The van der Waals surface area contributed by atoms with Gasteiger partial charge in [0, 0.05) is 0 Å². The molecule has 13 heavy (non-hydrogen) atoms. The third kappa shape index (κ3) is 1.67. The maximum absolute atomic E-state index is 5.39. The van der Waals surface area contributed by atoms with Crippen molar-refractivity contribution in [2.45, 2.75) is 6.92 Å². The van der Waals surface area contributed by atoms with Gasteiger partial charge in [0.05, 0.1) is 0 Å². The topological polar surface area (TPSA) is 41.8 Å². The van der Waals surface area contributed by atoms with Gasteiger partial charge in [0.15, 0.2) is 5.76 Å². The number of nitrogens with one attached hydrogen (secondary N) is 1. The third-order valence-electron chi connectivity index (χ3n) is 1.67. The second-order valence-electron chi connectivity index (χ2n) is 2.72. The minimum atomic E-state index is 0.618. The van der Waals surface area contributed by atoms with Gasteiger partial charge in [-0.3, -0.25) is 5.10 Å². The van der Waals surface area contributed by atoms with Crippen LogP contribution in [0.5, 0.6) is 0 Å². The predicted octanol–water partition coefficient (Wildman–Crippen LogP) is 2.71. The maximum atomic E-state index is 5.39. The molecule has 0 aliphatic carbocycles. The second-order valence-corrected chi connectivity index (χ2v) is 3.16. The number of H-pyrrole nitrogens is 1. The number of aromatic amines is 1. The summed E-state index contributed by atoms with van der Waals surface area (Å²) in [5.74, 6) is 1.63. The van der Waals surface area contributed by atoms with Crippen molar-refractivity contribution in [1.29, 1.82) is 0 Å². The van der Waals surface area contributed by atoms with Crippen LogP contribution in [0.25, 0.3) is 11.5 Å². The molecular formula is C9H8N2OS. The van der Waals surface area contributed by atoms with Crippen LogP contribution in [0, 0.1) is 11.6 Å². The van der Waals surface area contributed by atoms with Crippen molar-refractivity contribution >= 4 is 12.2 Å². The van der Waals surface area contributed by atoms with Crippen molar-refractivity contribution < 1.29 is 4.42 Å². The SMILES string of the molecule is Cc1ccc(-c2ccc(=S)[nH]n2)o1. The minimum absolute atomic E-state index is 0.618. The van der Waals surface area contributed by atoms with Crippen molar-refractivity contribution in [2.75, 3.05) is 0 Å². The smallest absolute Gasteiger partial charge is 0.154 e. The van der Waals surface area contributed by atoms with Crippen molar-refractivity contribution in [3.05, 3.63) is 34.7 Å². The summed E-state index contributed by atoms with van der Waals surface area (Å²) in [6.45, 7) is 1.90. The summed E-state index contributed by atoms with van der Waals surface area (Å²) < 4.78 is 6.01. The molecule has 0 aliphatic rings. The summed E-state index contributed by atoms with van der Waals surface area (Å²) in [5.41, 5.74) is 0.765. The van der Waals surface area contributed by atoms with Gasteiger partial charge in [-0.1, -0.05) is 12.2 Å². The summed E-state index contributed by atoms with van der Waals surface area (Å²) in [4.78, 5) is 0. The Hall–Kier alpha value is -1.42. The molecule has 0 atom stereocenters. The van der Waals surface area contributed by atoms with Gasteiger partial charge in [0.2, 0.25) is 0 Å². The highest BCUT2D eigenvalue weighted by Crippen LogP contribution is 2.18. The van der Waals surface area contributed by atoms with Gasteiger partial charge in [0.25, 0.3) is 0 Å². The van der Waals surface area contributed by atoms with Crippen LogP contribution in [0.2, 0.25) is 0 Å². The molecule has 2 rings (SSSR count). The van der Waals surface area contributed by atoms with E-state index in [1.165, 1.54) is 0 Å². The molecule has 2 heterocycles. The molecule has 0 aromatic carbocycles. The highest BCUT2D eigenvalue weighted by molar-refractivity contribution is 7.71. The summed E-state index contributed by atoms with van der Waals surface area (Å²) in [6.07, 6.45) is 0. The van der Waals surface area contributed by atoms with Crippen molar-refractivity contribution in [1.82, 2.24) is 10.2 Å². The van der Waals surface area contributed by atoms with Crippen LogP contribution < -0.4 is 0 Å². The van der Waals surface area contributed by atoms with E-state index in [0.717, 1.165) is 17.2 Å². The Morgan fingerprint density at radius 2 is 2.15 bits per heavy atom. The molecule has 4 heteroatoms. The first kappa shape index (κ1) is 8.19. The molecule has 0 amide bonds. The van der Waals surface area contributed by atoms with Gasteiger partial charge >= 0.3 is 0 Å². The van der Waals surface area contributed by atoms with E-state index in [1.807, 2.05) is 25.1 Å². The van der Waals surface area contributed by atoms with Crippen LogP contribution in [0.15, 0.2) is 28.7 Å². The number of hydrogen-bond donors (Lipinski definition) is 1. The quantitative estimate of drug-likeness (QED) is 0.706. The standard InChI is InChI=1S/C9H8N2OS/c1-6-2-4-8(12-6)7-3-5-9(13)11-10-7/h2-5H,1H3,(H,11,13). The fourth-order valence-electron chi connectivity index (χ4n) is 1.05. The molecule has 0 aliphatic heterocycles. The number of nitrogens with zero attached hydrogens (tertiary/aromatic N) is 1. The summed E-state index contributed by atoms with van der Waals surface area (Å²) in [5, 5.41) is 6.75. The molecule has 2 aromatic rings. The zero-order chi connectivity index (χ0) is 9.26. The minimum Gasteiger partial charge on any atom is -0.460 e. The highest BCUT2D eigenvalue weighted by atomic mass is 32.1. The Kier molecular flexibility index (Phi) is 1.98. The lowest BCUT2D eigenvalue weighted by Gasteiger charge is -1.93. The monoisotopic (exact) mass is 192 g/mol. The normalized spacial score (nSPS) is 10.2. The Morgan fingerprint density at radius 3 is 2.69 bits per heavy atom. The molecule has 1 N–H and O–H groups in total. The van der Waals surface area contributed by atoms with Crippen molar-refractivity contribution in [3.63, 3.8) is 0 Å².